The van der Waals surface area contributed by atoms with Crippen LogP contribution in [0.5, 0.6) is 0 Å². The second kappa shape index (κ2) is 8.58. The predicted octanol–water partition coefficient (Wildman–Crippen LogP) is 3.72. The number of carbonyl (C=O) groups is 1. The topological polar surface area (TPSA) is 75.5 Å². The summed E-state index contributed by atoms with van der Waals surface area (Å²) in [6, 6.07) is 8.05. The van der Waals surface area contributed by atoms with Crippen molar-refractivity contribution in [3.63, 3.8) is 0 Å². The number of amides is 1. The number of halogens is 3. The number of nitrogens with zero attached hydrogens (tertiary/aromatic N) is 4. The van der Waals surface area contributed by atoms with Crippen LogP contribution in [0.3, 0.4) is 0 Å². The molecule has 0 N–H and O–H groups in total. The van der Waals surface area contributed by atoms with Crippen LogP contribution in [0, 0.1) is 13.8 Å². The summed E-state index contributed by atoms with van der Waals surface area (Å²) >= 11 is 1.21. The number of aryl methyl sites for hydroxylation is 1. The first-order valence-corrected chi connectivity index (χ1v) is 12.3. The zero-order valence-corrected chi connectivity index (χ0v) is 19.5. The van der Waals surface area contributed by atoms with E-state index in [9.17, 15) is 26.4 Å². The Labute approximate surface area is 193 Å². The van der Waals surface area contributed by atoms with Crippen LogP contribution in [0.25, 0.3) is 5.69 Å². The van der Waals surface area contributed by atoms with Crippen molar-refractivity contribution in [3.8, 4) is 5.69 Å². The van der Waals surface area contributed by atoms with Gasteiger partial charge in [0.15, 0.2) is 0 Å². The summed E-state index contributed by atoms with van der Waals surface area (Å²) in [5, 5.41) is 4.12. The molecule has 7 nitrogen and oxygen atoms in total. The summed E-state index contributed by atoms with van der Waals surface area (Å²) in [5.74, 6) is -0.338. The maximum absolute atomic E-state index is 13.0. The number of aromatic nitrogens is 2. The number of piperazine rings is 1. The van der Waals surface area contributed by atoms with Crippen molar-refractivity contribution < 1.29 is 26.4 Å². The molecule has 0 spiro atoms. The van der Waals surface area contributed by atoms with Gasteiger partial charge in [-0.3, -0.25) is 4.79 Å². The van der Waals surface area contributed by atoms with E-state index in [0.29, 0.717) is 5.69 Å². The van der Waals surface area contributed by atoms with Gasteiger partial charge in [0.2, 0.25) is 0 Å². The van der Waals surface area contributed by atoms with Crippen molar-refractivity contribution in [2.24, 2.45) is 0 Å². The van der Waals surface area contributed by atoms with E-state index in [1.807, 2.05) is 6.92 Å². The number of sulfonamides is 1. The number of hydrogen-bond acceptors (Lipinski definition) is 5. The van der Waals surface area contributed by atoms with Gasteiger partial charge in [-0.25, -0.2) is 13.1 Å². The molecular weight excluding hydrogens is 477 g/mol. The zero-order chi connectivity index (χ0) is 24.0. The van der Waals surface area contributed by atoms with E-state index in [1.54, 1.807) is 19.1 Å². The molecule has 0 aliphatic carbocycles. The first kappa shape index (κ1) is 23.5. The molecule has 0 bridgehead atoms. The Morgan fingerprint density at radius 1 is 1.06 bits per heavy atom. The van der Waals surface area contributed by atoms with Gasteiger partial charge >= 0.3 is 6.18 Å². The minimum Gasteiger partial charge on any atom is -0.336 e. The number of carbonyl (C=O) groups excluding carboxylic acids is 1. The first-order valence-electron chi connectivity index (χ1n) is 10.1. The lowest BCUT2D eigenvalue weighted by Crippen LogP contribution is -2.50. The molecule has 3 aromatic rings. The average molecular weight is 499 g/mol. The minimum absolute atomic E-state index is 0.159. The summed E-state index contributed by atoms with van der Waals surface area (Å²) in [6.45, 7) is 4.17. The predicted molar refractivity (Wildman–Crippen MR) is 117 cm³/mol. The maximum atomic E-state index is 13.0. The first-order chi connectivity index (χ1) is 15.5. The van der Waals surface area contributed by atoms with Crippen molar-refractivity contribution in [1.82, 2.24) is 19.0 Å². The number of rotatable bonds is 4. The fourth-order valence-electron chi connectivity index (χ4n) is 3.67. The lowest BCUT2D eigenvalue weighted by Gasteiger charge is -2.33. The molecule has 0 radical (unpaired) electrons. The molecule has 3 heterocycles. The Morgan fingerprint density at radius 3 is 2.36 bits per heavy atom. The summed E-state index contributed by atoms with van der Waals surface area (Å²) in [4.78, 5) is 15.5. The second-order valence-electron chi connectivity index (χ2n) is 7.66. The van der Waals surface area contributed by atoms with Crippen LogP contribution in [-0.2, 0) is 16.2 Å². The van der Waals surface area contributed by atoms with Gasteiger partial charge in [0.1, 0.15) is 4.21 Å². The van der Waals surface area contributed by atoms with Gasteiger partial charge in [0.25, 0.3) is 15.9 Å². The second-order valence-corrected chi connectivity index (χ2v) is 11.1. The van der Waals surface area contributed by atoms with Gasteiger partial charge in [-0.2, -0.15) is 22.6 Å². The Bertz CT molecular complexity index is 1290. The molecular formula is C21H21F3N4O3S2. The molecule has 1 aliphatic rings. The summed E-state index contributed by atoms with van der Waals surface area (Å²) in [5.41, 5.74) is 0.0607. The van der Waals surface area contributed by atoms with Crippen molar-refractivity contribution in [2.75, 3.05) is 26.2 Å². The third-order valence-corrected chi connectivity index (χ3v) is 8.86. The SMILES string of the molecule is Cc1ccc(S(=O)(=O)N2CCN(C(=O)c3cnn(-c4cccc(C(F)(F)F)c4)c3C)CC2)s1. The molecule has 176 valence electrons. The summed E-state index contributed by atoms with van der Waals surface area (Å²) in [7, 11) is -3.61. The van der Waals surface area contributed by atoms with E-state index >= 15 is 0 Å². The Balaban J connectivity index is 1.49. The van der Waals surface area contributed by atoms with Crippen LogP contribution in [0.4, 0.5) is 13.2 Å². The van der Waals surface area contributed by atoms with Crippen LogP contribution < -0.4 is 0 Å². The Kier molecular flexibility index (Phi) is 6.10. The van der Waals surface area contributed by atoms with Crippen LogP contribution >= 0.6 is 11.3 Å². The molecule has 0 saturated carbocycles. The molecule has 1 saturated heterocycles. The molecule has 1 amide bonds. The van der Waals surface area contributed by atoms with Crippen LogP contribution in [0.1, 0.15) is 26.5 Å². The van der Waals surface area contributed by atoms with Crippen LogP contribution in [-0.4, -0.2) is 59.5 Å². The highest BCUT2D eigenvalue weighted by molar-refractivity contribution is 7.91. The lowest BCUT2D eigenvalue weighted by atomic mass is 10.2. The molecule has 33 heavy (non-hydrogen) atoms. The number of hydrogen-bond donors (Lipinski definition) is 0. The fourth-order valence-corrected chi connectivity index (χ4v) is 6.53. The lowest BCUT2D eigenvalue weighted by molar-refractivity contribution is -0.137. The van der Waals surface area contributed by atoms with E-state index < -0.39 is 21.8 Å². The normalized spacial score (nSPS) is 15.7. The van der Waals surface area contributed by atoms with Crippen molar-refractivity contribution >= 4 is 27.3 Å². The smallest absolute Gasteiger partial charge is 0.336 e. The van der Waals surface area contributed by atoms with E-state index in [0.717, 1.165) is 17.0 Å². The average Bonchev–Trinajstić information content (AvgIpc) is 3.39. The van der Waals surface area contributed by atoms with E-state index in [1.165, 1.54) is 43.6 Å². The third-order valence-electron chi connectivity index (χ3n) is 5.49. The third kappa shape index (κ3) is 4.55. The monoisotopic (exact) mass is 498 g/mol. The van der Waals surface area contributed by atoms with E-state index in [2.05, 4.69) is 5.10 Å². The molecule has 1 aromatic carbocycles. The molecule has 0 unspecified atom stereocenters. The van der Waals surface area contributed by atoms with Gasteiger partial charge in [0.05, 0.1) is 28.7 Å². The standard InChI is InChI=1S/C21H21F3N4O3S2/c1-14-6-7-19(32-14)33(30,31)27-10-8-26(9-11-27)20(29)18-13-25-28(15(18)2)17-5-3-4-16(12-17)21(22,23)24/h3-7,12-13H,8-11H2,1-2H3. The quantitative estimate of drug-likeness (QED) is 0.550. The van der Waals surface area contributed by atoms with Gasteiger partial charge in [-0.15, -0.1) is 11.3 Å². The van der Waals surface area contributed by atoms with Crippen LogP contribution in [0.2, 0.25) is 0 Å². The van der Waals surface area contributed by atoms with Gasteiger partial charge in [-0.05, 0) is 44.2 Å². The largest absolute Gasteiger partial charge is 0.416 e. The highest BCUT2D eigenvalue weighted by Crippen LogP contribution is 2.31. The minimum atomic E-state index is -4.49. The van der Waals surface area contributed by atoms with Crippen molar-refractivity contribution in [2.45, 2.75) is 24.2 Å². The number of thiophene rings is 1. The van der Waals surface area contributed by atoms with Crippen LogP contribution in [0.15, 0.2) is 46.8 Å². The Morgan fingerprint density at radius 2 is 1.76 bits per heavy atom. The van der Waals surface area contributed by atoms with E-state index in [4.69, 9.17) is 0 Å². The Hall–Kier alpha value is -2.70. The number of alkyl halides is 3. The summed E-state index contributed by atoms with van der Waals surface area (Å²) in [6.07, 6.45) is -3.16. The van der Waals surface area contributed by atoms with E-state index in [-0.39, 0.29) is 47.5 Å². The number of benzene rings is 1. The fraction of sp³-hybridized carbons (Fsp3) is 0.333. The molecule has 2 aromatic heterocycles. The van der Waals surface area contributed by atoms with Gasteiger partial charge in [-0.1, -0.05) is 6.07 Å². The van der Waals surface area contributed by atoms with Gasteiger partial charge in [0, 0.05) is 31.1 Å². The van der Waals surface area contributed by atoms with Crippen molar-refractivity contribution in [1.29, 1.82) is 0 Å². The highest BCUT2D eigenvalue weighted by Gasteiger charge is 2.33. The van der Waals surface area contributed by atoms with Gasteiger partial charge < -0.3 is 4.90 Å². The molecule has 4 rings (SSSR count). The zero-order valence-electron chi connectivity index (χ0n) is 17.8. The highest BCUT2D eigenvalue weighted by atomic mass is 32.2. The summed E-state index contributed by atoms with van der Waals surface area (Å²) < 4.78 is 67.7. The molecule has 12 heteroatoms. The molecule has 0 atom stereocenters. The maximum Gasteiger partial charge on any atom is 0.416 e. The molecule has 1 aliphatic heterocycles. The van der Waals surface area contributed by atoms with Crippen molar-refractivity contribution in [3.05, 3.63) is 64.3 Å². The molecule has 1 fully saturated rings.